The van der Waals surface area contributed by atoms with Crippen molar-refractivity contribution in [1.82, 2.24) is 5.32 Å². The van der Waals surface area contributed by atoms with E-state index in [1.807, 2.05) is 24.3 Å². The summed E-state index contributed by atoms with van der Waals surface area (Å²) >= 11 is 0. The van der Waals surface area contributed by atoms with Crippen molar-refractivity contribution in [3.05, 3.63) is 65.2 Å². The molecule has 0 spiro atoms. The van der Waals surface area contributed by atoms with Crippen molar-refractivity contribution in [3.63, 3.8) is 0 Å². The molecule has 3 heteroatoms. The Kier molecular flexibility index (Phi) is 6.10. The molecule has 2 aromatic rings. The molecule has 132 valence electrons. The third-order valence-electron chi connectivity index (χ3n) is 4.89. The minimum absolute atomic E-state index is 0.0206. The monoisotopic (exact) mass is 336 g/mol. The summed E-state index contributed by atoms with van der Waals surface area (Å²) in [6, 6.07) is 16.5. The van der Waals surface area contributed by atoms with Crippen LogP contribution in [0.15, 0.2) is 48.5 Å². The van der Waals surface area contributed by atoms with Crippen molar-refractivity contribution in [2.45, 2.75) is 51.5 Å². The zero-order valence-electron chi connectivity index (χ0n) is 15.1. The second kappa shape index (κ2) is 8.70. The maximum Gasteiger partial charge on any atom is 0.251 e. The highest BCUT2D eigenvalue weighted by atomic mass is 16.1. The number of amides is 1. The van der Waals surface area contributed by atoms with E-state index in [1.54, 1.807) is 0 Å². The average Bonchev–Trinajstić information content (AvgIpc) is 3.04. The largest absolute Gasteiger partial charge is 0.385 e. The Morgan fingerprint density at radius 2 is 1.64 bits per heavy atom. The zero-order valence-corrected chi connectivity index (χ0v) is 15.1. The molecule has 0 heterocycles. The maximum atomic E-state index is 12.5. The smallest absolute Gasteiger partial charge is 0.251 e. The molecule has 0 bridgehead atoms. The van der Waals surface area contributed by atoms with Gasteiger partial charge >= 0.3 is 0 Å². The number of anilines is 1. The number of fused-ring (bicyclic) bond motifs is 1. The first-order chi connectivity index (χ1) is 12.3. The van der Waals surface area contributed by atoms with Crippen LogP contribution in [0.1, 0.15) is 54.1 Å². The van der Waals surface area contributed by atoms with Gasteiger partial charge in [-0.15, -0.1) is 0 Å². The van der Waals surface area contributed by atoms with Gasteiger partial charge in [-0.2, -0.15) is 0 Å². The van der Waals surface area contributed by atoms with Crippen LogP contribution in [-0.2, 0) is 12.8 Å². The van der Waals surface area contributed by atoms with Gasteiger partial charge in [0.1, 0.15) is 0 Å². The quantitative estimate of drug-likeness (QED) is 0.693. The molecule has 0 saturated carbocycles. The summed E-state index contributed by atoms with van der Waals surface area (Å²) in [6.45, 7) is 3.22. The van der Waals surface area contributed by atoms with Crippen LogP contribution in [0.4, 0.5) is 5.69 Å². The number of nitrogens with one attached hydrogen (secondary N) is 2. The second-order valence-corrected chi connectivity index (χ2v) is 6.91. The van der Waals surface area contributed by atoms with Crippen molar-refractivity contribution < 1.29 is 4.79 Å². The summed E-state index contributed by atoms with van der Waals surface area (Å²) in [5, 5.41) is 6.59. The van der Waals surface area contributed by atoms with Crippen LogP contribution in [0.25, 0.3) is 0 Å². The van der Waals surface area contributed by atoms with Gasteiger partial charge in [0, 0.05) is 23.8 Å². The van der Waals surface area contributed by atoms with E-state index >= 15 is 0 Å². The minimum atomic E-state index is 0.0206. The molecular weight excluding hydrogens is 308 g/mol. The Balaban J connectivity index is 1.47. The molecule has 3 rings (SSSR count). The maximum absolute atomic E-state index is 12.5. The Bertz CT molecular complexity index is 668. The molecule has 2 aromatic carbocycles. The number of carbonyl (C=O) groups is 1. The number of hydrogen-bond acceptors (Lipinski definition) is 2. The van der Waals surface area contributed by atoms with Crippen molar-refractivity contribution in [2.24, 2.45) is 0 Å². The first kappa shape index (κ1) is 17.5. The van der Waals surface area contributed by atoms with Gasteiger partial charge in [-0.25, -0.2) is 0 Å². The van der Waals surface area contributed by atoms with E-state index in [0.29, 0.717) is 0 Å². The fourth-order valence-corrected chi connectivity index (χ4v) is 3.45. The fraction of sp³-hybridized carbons (Fsp3) is 0.409. The van der Waals surface area contributed by atoms with E-state index < -0.39 is 0 Å². The molecule has 0 unspecified atom stereocenters. The van der Waals surface area contributed by atoms with Crippen LogP contribution < -0.4 is 10.6 Å². The van der Waals surface area contributed by atoms with Crippen LogP contribution >= 0.6 is 0 Å². The predicted molar refractivity (Wildman–Crippen MR) is 104 cm³/mol. The molecule has 0 fully saturated rings. The SMILES string of the molecule is CCCCCCNc1ccc(C(=O)NC2Cc3ccccc3C2)cc1. The number of carbonyl (C=O) groups excluding carboxylic acids is 1. The lowest BCUT2D eigenvalue weighted by molar-refractivity contribution is 0.0938. The van der Waals surface area contributed by atoms with Gasteiger partial charge in [0.2, 0.25) is 0 Å². The fourth-order valence-electron chi connectivity index (χ4n) is 3.45. The Morgan fingerprint density at radius 3 is 2.28 bits per heavy atom. The molecule has 0 aromatic heterocycles. The molecular formula is C22H28N2O. The number of hydrogen-bond donors (Lipinski definition) is 2. The zero-order chi connectivity index (χ0) is 17.5. The highest BCUT2D eigenvalue weighted by molar-refractivity contribution is 5.94. The van der Waals surface area contributed by atoms with Gasteiger partial charge in [0.15, 0.2) is 0 Å². The molecule has 1 amide bonds. The number of unbranched alkanes of at least 4 members (excludes halogenated alkanes) is 3. The van der Waals surface area contributed by atoms with E-state index in [4.69, 9.17) is 0 Å². The molecule has 25 heavy (non-hydrogen) atoms. The van der Waals surface area contributed by atoms with Gasteiger partial charge in [0.05, 0.1) is 0 Å². The van der Waals surface area contributed by atoms with Gasteiger partial charge in [-0.3, -0.25) is 4.79 Å². The van der Waals surface area contributed by atoms with E-state index in [2.05, 4.69) is 41.8 Å². The van der Waals surface area contributed by atoms with Crippen LogP contribution in [0.2, 0.25) is 0 Å². The van der Waals surface area contributed by atoms with Crippen LogP contribution in [0, 0.1) is 0 Å². The van der Waals surface area contributed by atoms with E-state index in [0.717, 1.165) is 30.6 Å². The van der Waals surface area contributed by atoms with Crippen molar-refractivity contribution in [3.8, 4) is 0 Å². The molecule has 2 N–H and O–H groups in total. The highest BCUT2D eigenvalue weighted by Crippen LogP contribution is 2.22. The van der Waals surface area contributed by atoms with Gasteiger partial charge in [-0.1, -0.05) is 50.5 Å². The van der Waals surface area contributed by atoms with Gasteiger partial charge in [0.25, 0.3) is 5.91 Å². The summed E-state index contributed by atoms with van der Waals surface area (Å²) in [5.74, 6) is 0.0206. The van der Waals surface area contributed by atoms with Crippen molar-refractivity contribution in [1.29, 1.82) is 0 Å². The third-order valence-corrected chi connectivity index (χ3v) is 4.89. The highest BCUT2D eigenvalue weighted by Gasteiger charge is 2.22. The first-order valence-corrected chi connectivity index (χ1v) is 9.48. The molecule has 1 aliphatic carbocycles. The van der Waals surface area contributed by atoms with E-state index in [-0.39, 0.29) is 11.9 Å². The van der Waals surface area contributed by atoms with Crippen molar-refractivity contribution >= 4 is 11.6 Å². The van der Waals surface area contributed by atoms with Crippen LogP contribution in [0.5, 0.6) is 0 Å². The van der Waals surface area contributed by atoms with E-state index in [1.165, 1.54) is 36.8 Å². The summed E-state index contributed by atoms with van der Waals surface area (Å²) in [7, 11) is 0. The molecule has 3 nitrogen and oxygen atoms in total. The Hall–Kier alpha value is -2.29. The number of benzene rings is 2. The average molecular weight is 336 g/mol. The standard InChI is InChI=1S/C22H28N2O/c1-2-3-4-7-14-23-20-12-10-17(11-13-20)22(25)24-21-15-18-8-5-6-9-19(18)16-21/h5-6,8-13,21,23H,2-4,7,14-16H2,1H3,(H,24,25). The third kappa shape index (κ3) is 4.85. The van der Waals surface area contributed by atoms with E-state index in [9.17, 15) is 4.79 Å². The van der Waals surface area contributed by atoms with Gasteiger partial charge < -0.3 is 10.6 Å². The second-order valence-electron chi connectivity index (χ2n) is 6.91. The summed E-state index contributed by atoms with van der Waals surface area (Å²) < 4.78 is 0. The molecule has 1 aliphatic rings. The molecule has 0 aliphatic heterocycles. The lowest BCUT2D eigenvalue weighted by Crippen LogP contribution is -2.35. The summed E-state index contributed by atoms with van der Waals surface area (Å²) in [6.07, 6.45) is 6.88. The predicted octanol–water partition coefficient (Wildman–Crippen LogP) is 4.58. The first-order valence-electron chi connectivity index (χ1n) is 9.48. The normalized spacial score (nSPS) is 13.5. The summed E-state index contributed by atoms with van der Waals surface area (Å²) in [5.41, 5.74) is 4.53. The topological polar surface area (TPSA) is 41.1 Å². The van der Waals surface area contributed by atoms with Crippen LogP contribution in [0.3, 0.4) is 0 Å². The molecule has 0 radical (unpaired) electrons. The van der Waals surface area contributed by atoms with Gasteiger partial charge in [-0.05, 0) is 54.7 Å². The van der Waals surface area contributed by atoms with Crippen molar-refractivity contribution in [2.75, 3.05) is 11.9 Å². The Labute approximate surface area is 150 Å². The minimum Gasteiger partial charge on any atom is -0.385 e. The van der Waals surface area contributed by atoms with Crippen LogP contribution in [-0.4, -0.2) is 18.5 Å². The molecule has 0 saturated heterocycles. The lowest BCUT2D eigenvalue weighted by Gasteiger charge is -2.12. The molecule has 0 atom stereocenters. The Morgan fingerprint density at radius 1 is 0.960 bits per heavy atom. The number of rotatable bonds is 8. The summed E-state index contributed by atoms with van der Waals surface area (Å²) in [4.78, 5) is 12.5. The lowest BCUT2D eigenvalue weighted by atomic mass is 10.1.